The predicted octanol–water partition coefficient (Wildman–Crippen LogP) is 3.75. The van der Waals surface area contributed by atoms with Gasteiger partial charge >= 0.3 is 0 Å². The molecule has 0 aliphatic heterocycles. The molecule has 0 spiro atoms. The Labute approximate surface area is 80.5 Å². The van der Waals surface area contributed by atoms with Crippen LogP contribution in [0.5, 0.6) is 0 Å². The highest BCUT2D eigenvalue weighted by Gasteiger charge is 2.23. The van der Waals surface area contributed by atoms with Crippen molar-refractivity contribution in [1.82, 2.24) is 0 Å². The van der Waals surface area contributed by atoms with Gasteiger partial charge in [-0.1, -0.05) is 31.6 Å². The molecular weight excluding hydrogens is 160 g/mol. The Morgan fingerprint density at radius 3 is 2.85 bits per heavy atom. The first kappa shape index (κ1) is 10.1. The minimum absolute atomic E-state index is 0.162. The van der Waals surface area contributed by atoms with Crippen LogP contribution in [0.15, 0.2) is 36.1 Å². The van der Waals surface area contributed by atoms with Crippen molar-refractivity contribution in [2.24, 2.45) is 5.41 Å². The van der Waals surface area contributed by atoms with E-state index in [1.165, 1.54) is 6.42 Å². The van der Waals surface area contributed by atoms with Gasteiger partial charge < -0.3 is 5.11 Å². The first-order valence-corrected chi connectivity index (χ1v) is 4.94. The third-order valence-corrected chi connectivity index (χ3v) is 2.49. The van der Waals surface area contributed by atoms with Crippen LogP contribution < -0.4 is 0 Å². The van der Waals surface area contributed by atoms with E-state index in [2.05, 4.69) is 25.2 Å². The highest BCUT2D eigenvalue weighted by Crippen LogP contribution is 2.35. The highest BCUT2D eigenvalue weighted by molar-refractivity contribution is 5.25. The van der Waals surface area contributed by atoms with E-state index in [-0.39, 0.29) is 5.41 Å². The Hall–Kier alpha value is -0.980. The monoisotopic (exact) mass is 178 g/mol. The molecule has 1 aliphatic rings. The van der Waals surface area contributed by atoms with E-state index < -0.39 is 0 Å². The van der Waals surface area contributed by atoms with Crippen LogP contribution >= 0.6 is 0 Å². The molecule has 0 saturated heterocycles. The summed E-state index contributed by atoms with van der Waals surface area (Å²) >= 11 is 0. The predicted molar refractivity (Wildman–Crippen MR) is 56.6 cm³/mol. The van der Waals surface area contributed by atoms with Crippen LogP contribution in [0, 0.1) is 5.41 Å². The lowest BCUT2D eigenvalue weighted by atomic mass is 9.77. The van der Waals surface area contributed by atoms with E-state index in [0.717, 1.165) is 12.8 Å². The Morgan fingerprint density at radius 1 is 1.62 bits per heavy atom. The lowest BCUT2D eigenvalue weighted by molar-refractivity contribution is 0.391. The molecule has 0 aromatic carbocycles. The van der Waals surface area contributed by atoms with Gasteiger partial charge in [-0.15, -0.1) is 0 Å². The summed E-state index contributed by atoms with van der Waals surface area (Å²) in [6.07, 6.45) is 13.4. The summed E-state index contributed by atoms with van der Waals surface area (Å²) in [6, 6.07) is 0. The van der Waals surface area contributed by atoms with Crippen LogP contribution in [0.1, 0.15) is 33.1 Å². The maximum Gasteiger partial charge on any atom is 0.111 e. The van der Waals surface area contributed by atoms with Gasteiger partial charge in [0, 0.05) is 5.41 Å². The third-order valence-electron chi connectivity index (χ3n) is 2.49. The smallest absolute Gasteiger partial charge is 0.111 e. The highest BCUT2D eigenvalue weighted by atomic mass is 16.3. The van der Waals surface area contributed by atoms with Gasteiger partial charge in [-0.25, -0.2) is 0 Å². The average Bonchev–Trinajstić information content (AvgIpc) is 2.11. The summed E-state index contributed by atoms with van der Waals surface area (Å²) in [7, 11) is 0. The maximum atomic E-state index is 9.23. The molecule has 13 heavy (non-hydrogen) atoms. The normalized spacial score (nSPS) is 28.0. The summed E-state index contributed by atoms with van der Waals surface area (Å²) in [5.74, 6) is 0.399. The number of hydrogen-bond acceptors (Lipinski definition) is 1. The molecule has 1 rings (SSSR count). The van der Waals surface area contributed by atoms with E-state index in [0.29, 0.717) is 5.76 Å². The number of allylic oxidation sites excluding steroid dienone is 5. The Kier molecular flexibility index (Phi) is 3.35. The topological polar surface area (TPSA) is 20.2 Å². The maximum absolute atomic E-state index is 9.23. The number of aliphatic hydroxyl groups is 1. The van der Waals surface area contributed by atoms with Crippen LogP contribution in [0.2, 0.25) is 0 Å². The number of aliphatic hydroxyl groups excluding tert-OH is 1. The van der Waals surface area contributed by atoms with Crippen molar-refractivity contribution in [2.45, 2.75) is 33.1 Å². The van der Waals surface area contributed by atoms with Gasteiger partial charge in [0.15, 0.2) is 0 Å². The zero-order valence-electron chi connectivity index (χ0n) is 8.46. The summed E-state index contributed by atoms with van der Waals surface area (Å²) in [4.78, 5) is 0. The van der Waals surface area contributed by atoms with E-state index in [1.807, 2.05) is 13.0 Å². The zero-order chi connectivity index (χ0) is 9.73. The minimum Gasteiger partial charge on any atom is -0.508 e. The van der Waals surface area contributed by atoms with Crippen molar-refractivity contribution in [3.63, 3.8) is 0 Å². The summed E-state index contributed by atoms with van der Waals surface area (Å²) in [5.41, 5.74) is 0.162. The second-order valence-corrected chi connectivity index (χ2v) is 3.65. The molecule has 1 N–H and O–H groups in total. The van der Waals surface area contributed by atoms with Crippen molar-refractivity contribution in [3.05, 3.63) is 36.1 Å². The molecule has 0 amide bonds. The fourth-order valence-electron chi connectivity index (χ4n) is 1.87. The number of rotatable bonds is 3. The van der Waals surface area contributed by atoms with Crippen molar-refractivity contribution in [3.8, 4) is 0 Å². The van der Waals surface area contributed by atoms with Crippen LogP contribution in [-0.2, 0) is 0 Å². The summed E-state index contributed by atoms with van der Waals surface area (Å²) < 4.78 is 0. The van der Waals surface area contributed by atoms with E-state index >= 15 is 0 Å². The Bertz CT molecular complexity index is 248. The van der Waals surface area contributed by atoms with Crippen LogP contribution in [0.4, 0.5) is 0 Å². The van der Waals surface area contributed by atoms with Gasteiger partial charge in [-0.05, 0) is 31.9 Å². The molecule has 72 valence electrons. The van der Waals surface area contributed by atoms with E-state index in [4.69, 9.17) is 0 Å². The van der Waals surface area contributed by atoms with Crippen molar-refractivity contribution in [2.75, 3.05) is 0 Å². The Balaban J connectivity index is 2.77. The minimum atomic E-state index is 0.162. The molecule has 0 bridgehead atoms. The van der Waals surface area contributed by atoms with Crippen molar-refractivity contribution < 1.29 is 5.11 Å². The van der Waals surface area contributed by atoms with Crippen molar-refractivity contribution in [1.29, 1.82) is 0 Å². The van der Waals surface area contributed by atoms with Crippen LogP contribution in [0.3, 0.4) is 0 Å². The van der Waals surface area contributed by atoms with Gasteiger partial charge in [-0.3, -0.25) is 0 Å². The third kappa shape index (κ3) is 2.48. The first-order chi connectivity index (χ1) is 6.22. The molecule has 1 unspecified atom stereocenters. The van der Waals surface area contributed by atoms with E-state index in [9.17, 15) is 5.11 Å². The second-order valence-electron chi connectivity index (χ2n) is 3.65. The molecule has 0 saturated carbocycles. The van der Waals surface area contributed by atoms with Gasteiger partial charge in [0.05, 0.1) is 0 Å². The molecule has 0 aromatic heterocycles. The fourth-order valence-corrected chi connectivity index (χ4v) is 1.87. The molecule has 1 aliphatic carbocycles. The van der Waals surface area contributed by atoms with E-state index in [1.54, 1.807) is 6.08 Å². The summed E-state index contributed by atoms with van der Waals surface area (Å²) in [5, 5.41) is 9.23. The standard InChI is InChI=1S/C12H18O/c1-3-7-12(8-4-2)9-5-11(13)6-10-12/h3,5-7,9,13H,4,8,10H2,1-2H3. The lowest BCUT2D eigenvalue weighted by Gasteiger charge is -2.27. The molecular formula is C12H18O. The molecule has 0 aromatic rings. The van der Waals surface area contributed by atoms with Gasteiger partial charge in [0.25, 0.3) is 0 Å². The van der Waals surface area contributed by atoms with Gasteiger partial charge in [0.1, 0.15) is 5.76 Å². The number of hydrogen-bond donors (Lipinski definition) is 1. The Morgan fingerprint density at radius 2 is 2.38 bits per heavy atom. The van der Waals surface area contributed by atoms with Crippen LogP contribution in [-0.4, -0.2) is 5.11 Å². The second kappa shape index (κ2) is 4.31. The molecule has 1 nitrogen and oxygen atoms in total. The molecule has 1 heteroatoms. The van der Waals surface area contributed by atoms with Crippen LogP contribution in [0.25, 0.3) is 0 Å². The van der Waals surface area contributed by atoms with Crippen molar-refractivity contribution >= 4 is 0 Å². The molecule has 1 atom stereocenters. The lowest BCUT2D eigenvalue weighted by Crippen LogP contribution is -2.16. The quantitative estimate of drug-likeness (QED) is 0.652. The molecule has 0 heterocycles. The molecule has 0 fully saturated rings. The fraction of sp³-hybridized carbons (Fsp3) is 0.500. The van der Waals surface area contributed by atoms with Gasteiger partial charge in [0.2, 0.25) is 0 Å². The zero-order valence-corrected chi connectivity index (χ0v) is 8.46. The summed E-state index contributed by atoms with van der Waals surface area (Å²) in [6.45, 7) is 4.24. The SMILES string of the molecule is CC=CC1(CCC)C=CC(O)=CC1. The average molecular weight is 178 g/mol. The largest absolute Gasteiger partial charge is 0.508 e. The molecule has 0 radical (unpaired) electrons. The first-order valence-electron chi connectivity index (χ1n) is 4.94. The van der Waals surface area contributed by atoms with Gasteiger partial charge in [-0.2, -0.15) is 0 Å².